The lowest BCUT2D eigenvalue weighted by Gasteiger charge is -2.27. The van der Waals surface area contributed by atoms with Crippen LogP contribution < -0.4 is 10.4 Å². The summed E-state index contributed by atoms with van der Waals surface area (Å²) in [7, 11) is -1.53. The van der Waals surface area contributed by atoms with Crippen molar-refractivity contribution in [1.82, 2.24) is 0 Å². The lowest BCUT2D eigenvalue weighted by molar-refractivity contribution is 0.426. The van der Waals surface area contributed by atoms with Gasteiger partial charge in [0.25, 0.3) is 0 Å². The highest BCUT2D eigenvalue weighted by atomic mass is 19.1. The van der Waals surface area contributed by atoms with Crippen LogP contribution in [-0.2, 0) is 0 Å². The standard InChI is InChI=1S/C26H19BFNO2/c28-20-11-15-22(16-12-20)29(21-13-9-19(10-14-21)27(30)31)26-17-18-5-1-2-6-23(18)24-7-3-4-8-25(24)26/h1-17,30-31H. The maximum absolute atomic E-state index is 13.7. The first-order chi connectivity index (χ1) is 15.1. The van der Waals surface area contributed by atoms with Gasteiger partial charge in [-0.15, -0.1) is 0 Å². The van der Waals surface area contributed by atoms with Gasteiger partial charge in [-0.2, -0.15) is 0 Å². The average Bonchev–Trinajstić information content (AvgIpc) is 2.81. The monoisotopic (exact) mass is 407 g/mol. The summed E-state index contributed by atoms with van der Waals surface area (Å²) >= 11 is 0. The van der Waals surface area contributed by atoms with E-state index in [0.717, 1.165) is 33.2 Å². The summed E-state index contributed by atoms with van der Waals surface area (Å²) in [5.74, 6) is -0.300. The number of hydrogen-bond acceptors (Lipinski definition) is 3. The highest BCUT2D eigenvalue weighted by molar-refractivity contribution is 6.58. The van der Waals surface area contributed by atoms with E-state index in [-0.39, 0.29) is 5.82 Å². The Hall–Kier alpha value is -3.67. The zero-order valence-corrected chi connectivity index (χ0v) is 16.6. The molecule has 5 aromatic rings. The minimum atomic E-state index is -1.53. The molecule has 0 amide bonds. The van der Waals surface area contributed by atoms with Crippen molar-refractivity contribution < 1.29 is 14.4 Å². The fourth-order valence-corrected chi connectivity index (χ4v) is 4.03. The molecular weight excluding hydrogens is 388 g/mol. The van der Waals surface area contributed by atoms with E-state index in [2.05, 4.69) is 35.2 Å². The van der Waals surface area contributed by atoms with Crippen molar-refractivity contribution in [3.63, 3.8) is 0 Å². The molecule has 0 spiro atoms. The molecule has 5 rings (SSSR count). The molecule has 0 aliphatic rings. The van der Waals surface area contributed by atoms with Crippen LogP contribution in [0.3, 0.4) is 0 Å². The minimum Gasteiger partial charge on any atom is -0.423 e. The van der Waals surface area contributed by atoms with Gasteiger partial charge >= 0.3 is 7.12 Å². The normalized spacial score (nSPS) is 11.1. The van der Waals surface area contributed by atoms with Gasteiger partial charge in [-0.25, -0.2) is 4.39 Å². The molecule has 150 valence electrons. The number of halogens is 1. The van der Waals surface area contributed by atoms with Gasteiger partial charge < -0.3 is 14.9 Å². The fourth-order valence-electron chi connectivity index (χ4n) is 4.03. The molecule has 0 radical (unpaired) electrons. The highest BCUT2D eigenvalue weighted by Gasteiger charge is 2.18. The Bertz CT molecular complexity index is 1370. The van der Waals surface area contributed by atoms with Gasteiger partial charge in [0.05, 0.1) is 5.69 Å². The number of fused-ring (bicyclic) bond motifs is 3. The van der Waals surface area contributed by atoms with Crippen LogP contribution in [0.15, 0.2) is 103 Å². The van der Waals surface area contributed by atoms with Crippen molar-refractivity contribution >= 4 is 51.2 Å². The molecule has 0 aliphatic heterocycles. The van der Waals surface area contributed by atoms with Crippen LogP contribution in [0, 0.1) is 5.82 Å². The maximum Gasteiger partial charge on any atom is 0.488 e. The Labute approximate surface area is 179 Å². The SMILES string of the molecule is OB(O)c1ccc(N(c2ccc(F)cc2)c2cc3ccccc3c3ccccc23)cc1. The first kappa shape index (κ1) is 19.3. The van der Waals surface area contributed by atoms with E-state index < -0.39 is 7.12 Å². The minimum absolute atomic E-state index is 0.300. The first-order valence-corrected chi connectivity index (χ1v) is 10.0. The Morgan fingerprint density at radius 3 is 1.81 bits per heavy atom. The number of rotatable bonds is 4. The quantitative estimate of drug-likeness (QED) is 0.315. The highest BCUT2D eigenvalue weighted by Crippen LogP contribution is 2.41. The van der Waals surface area contributed by atoms with Gasteiger partial charge in [0.2, 0.25) is 0 Å². The summed E-state index contributed by atoms with van der Waals surface area (Å²) < 4.78 is 13.7. The third-order valence-electron chi connectivity index (χ3n) is 5.52. The Morgan fingerprint density at radius 2 is 1.16 bits per heavy atom. The second-order valence-corrected chi connectivity index (χ2v) is 7.44. The van der Waals surface area contributed by atoms with E-state index in [1.807, 2.05) is 36.4 Å². The molecule has 0 heterocycles. The average molecular weight is 407 g/mol. The van der Waals surface area contributed by atoms with E-state index in [0.29, 0.717) is 5.46 Å². The maximum atomic E-state index is 13.7. The van der Waals surface area contributed by atoms with Crippen LogP contribution in [0.5, 0.6) is 0 Å². The molecule has 0 aliphatic carbocycles. The molecule has 3 nitrogen and oxygen atoms in total. The van der Waals surface area contributed by atoms with Crippen molar-refractivity contribution in [3.8, 4) is 0 Å². The number of hydrogen-bond donors (Lipinski definition) is 2. The third-order valence-corrected chi connectivity index (χ3v) is 5.52. The van der Waals surface area contributed by atoms with Crippen molar-refractivity contribution in [3.05, 3.63) is 109 Å². The van der Waals surface area contributed by atoms with Crippen molar-refractivity contribution in [2.24, 2.45) is 0 Å². The lowest BCUT2D eigenvalue weighted by Crippen LogP contribution is -2.29. The molecular formula is C26H19BFNO2. The summed E-state index contributed by atoms with van der Waals surface area (Å²) in [4.78, 5) is 2.06. The number of nitrogens with zero attached hydrogens (tertiary/aromatic N) is 1. The molecule has 0 bridgehead atoms. The zero-order chi connectivity index (χ0) is 21.4. The summed E-state index contributed by atoms with van der Waals surface area (Å²) in [6.45, 7) is 0. The molecule has 5 heteroatoms. The van der Waals surface area contributed by atoms with E-state index in [1.165, 1.54) is 17.5 Å². The Kier molecular flexibility index (Phi) is 4.90. The van der Waals surface area contributed by atoms with E-state index >= 15 is 0 Å². The topological polar surface area (TPSA) is 43.7 Å². The molecule has 0 atom stereocenters. The van der Waals surface area contributed by atoms with Gasteiger partial charge in [0, 0.05) is 16.8 Å². The largest absolute Gasteiger partial charge is 0.488 e. The van der Waals surface area contributed by atoms with E-state index in [1.54, 1.807) is 24.3 Å². The molecule has 31 heavy (non-hydrogen) atoms. The fraction of sp³-hybridized carbons (Fsp3) is 0. The van der Waals surface area contributed by atoms with Crippen LogP contribution in [-0.4, -0.2) is 17.2 Å². The smallest absolute Gasteiger partial charge is 0.423 e. The zero-order valence-electron chi connectivity index (χ0n) is 16.6. The predicted octanol–water partition coefficient (Wildman–Crippen LogP) is 5.28. The van der Waals surface area contributed by atoms with Crippen molar-refractivity contribution in [1.29, 1.82) is 0 Å². The van der Waals surface area contributed by atoms with Gasteiger partial charge in [-0.1, -0.05) is 60.7 Å². The van der Waals surface area contributed by atoms with Crippen molar-refractivity contribution in [2.45, 2.75) is 0 Å². The van der Waals surface area contributed by atoms with E-state index in [4.69, 9.17) is 0 Å². The number of anilines is 3. The summed E-state index contributed by atoms with van der Waals surface area (Å²) in [6, 6.07) is 32.0. The van der Waals surface area contributed by atoms with Gasteiger partial charge in [-0.3, -0.25) is 0 Å². The second kappa shape index (κ2) is 7.87. The second-order valence-electron chi connectivity index (χ2n) is 7.44. The Balaban J connectivity index is 1.80. The molecule has 5 aromatic carbocycles. The molecule has 0 saturated heterocycles. The lowest BCUT2D eigenvalue weighted by atomic mass is 9.80. The van der Waals surface area contributed by atoms with Gasteiger partial charge in [-0.05, 0) is 64.1 Å². The van der Waals surface area contributed by atoms with E-state index in [9.17, 15) is 14.4 Å². The van der Waals surface area contributed by atoms with Crippen molar-refractivity contribution in [2.75, 3.05) is 4.90 Å². The van der Waals surface area contributed by atoms with Crippen LogP contribution >= 0.6 is 0 Å². The molecule has 0 fully saturated rings. The van der Waals surface area contributed by atoms with Crippen LogP contribution in [0.2, 0.25) is 0 Å². The Morgan fingerprint density at radius 1 is 0.613 bits per heavy atom. The van der Waals surface area contributed by atoms with Crippen LogP contribution in [0.4, 0.5) is 21.5 Å². The molecule has 0 unspecified atom stereocenters. The summed E-state index contributed by atoms with van der Waals surface area (Å²) in [5, 5.41) is 23.4. The van der Waals surface area contributed by atoms with Crippen LogP contribution in [0.1, 0.15) is 0 Å². The van der Waals surface area contributed by atoms with Gasteiger partial charge in [0.15, 0.2) is 0 Å². The first-order valence-electron chi connectivity index (χ1n) is 10.0. The summed E-state index contributed by atoms with van der Waals surface area (Å²) in [5.41, 5.74) is 3.00. The van der Waals surface area contributed by atoms with Crippen LogP contribution in [0.25, 0.3) is 21.5 Å². The third kappa shape index (κ3) is 3.54. The van der Waals surface area contributed by atoms with Gasteiger partial charge in [0.1, 0.15) is 5.82 Å². The summed E-state index contributed by atoms with van der Waals surface area (Å²) in [6.07, 6.45) is 0. The molecule has 0 aromatic heterocycles. The molecule has 0 saturated carbocycles. The molecule has 2 N–H and O–H groups in total. The predicted molar refractivity (Wildman–Crippen MR) is 126 cm³/mol. The number of benzene rings is 5.